The highest BCUT2D eigenvalue weighted by Crippen LogP contribution is 2.33. The highest BCUT2D eigenvalue weighted by molar-refractivity contribution is 5.95. The Balaban J connectivity index is 2.15. The molecule has 2 rings (SSSR count). The van der Waals surface area contributed by atoms with E-state index in [-0.39, 0.29) is 17.4 Å². The molecule has 1 saturated carbocycles. The molecule has 5 nitrogen and oxygen atoms in total. The van der Waals surface area contributed by atoms with Crippen LogP contribution in [-0.2, 0) is 11.8 Å². The van der Waals surface area contributed by atoms with Crippen molar-refractivity contribution in [1.82, 2.24) is 9.78 Å². The summed E-state index contributed by atoms with van der Waals surface area (Å²) >= 11 is 0. The largest absolute Gasteiger partial charge is 0.325 e. The van der Waals surface area contributed by atoms with Crippen LogP contribution in [-0.4, -0.2) is 28.3 Å². The van der Waals surface area contributed by atoms with Gasteiger partial charge >= 0.3 is 0 Å². The molecule has 0 bridgehead atoms. The summed E-state index contributed by atoms with van der Waals surface area (Å²) in [4.78, 5) is 14.2. The standard InChI is InChI=1S/C13H22N4O/c1-13(14)7-5-4-6-11(13)12(18)17(3)10-8-15-16(2)9-10/h8-9,11H,4-7,14H2,1-3H3. The first-order valence-corrected chi connectivity index (χ1v) is 6.47. The number of nitrogens with zero attached hydrogens (tertiary/aromatic N) is 3. The minimum atomic E-state index is -0.383. The van der Waals surface area contributed by atoms with E-state index >= 15 is 0 Å². The minimum absolute atomic E-state index is 0.0866. The Kier molecular flexibility index (Phi) is 3.43. The summed E-state index contributed by atoms with van der Waals surface area (Å²) in [5.41, 5.74) is 6.72. The molecule has 1 amide bonds. The van der Waals surface area contributed by atoms with Gasteiger partial charge in [-0.2, -0.15) is 5.10 Å². The summed E-state index contributed by atoms with van der Waals surface area (Å²) in [6.07, 6.45) is 7.56. The van der Waals surface area contributed by atoms with Crippen molar-refractivity contribution in [3.63, 3.8) is 0 Å². The zero-order valence-corrected chi connectivity index (χ0v) is 11.4. The van der Waals surface area contributed by atoms with Crippen molar-refractivity contribution >= 4 is 11.6 Å². The molecule has 0 spiro atoms. The van der Waals surface area contributed by atoms with Crippen LogP contribution >= 0.6 is 0 Å². The van der Waals surface area contributed by atoms with E-state index in [1.54, 1.807) is 22.8 Å². The Morgan fingerprint density at radius 2 is 2.33 bits per heavy atom. The first kappa shape index (κ1) is 13.1. The van der Waals surface area contributed by atoms with Gasteiger partial charge in [-0.1, -0.05) is 12.8 Å². The lowest BCUT2D eigenvalue weighted by Crippen LogP contribution is -2.53. The van der Waals surface area contributed by atoms with Gasteiger partial charge in [0.05, 0.1) is 17.8 Å². The average molecular weight is 250 g/mol. The van der Waals surface area contributed by atoms with Crippen molar-refractivity contribution < 1.29 is 4.79 Å². The normalized spacial score (nSPS) is 28.1. The number of carbonyl (C=O) groups is 1. The predicted molar refractivity (Wildman–Crippen MR) is 71.2 cm³/mol. The van der Waals surface area contributed by atoms with Crippen LogP contribution in [0.1, 0.15) is 32.6 Å². The van der Waals surface area contributed by atoms with Crippen molar-refractivity contribution in [2.24, 2.45) is 18.7 Å². The fourth-order valence-electron chi connectivity index (χ4n) is 2.71. The quantitative estimate of drug-likeness (QED) is 0.860. The molecule has 0 aliphatic heterocycles. The van der Waals surface area contributed by atoms with E-state index in [9.17, 15) is 4.79 Å². The molecule has 1 aromatic heterocycles. The Morgan fingerprint density at radius 1 is 1.61 bits per heavy atom. The summed E-state index contributed by atoms with van der Waals surface area (Å²) < 4.78 is 1.70. The number of hydrogen-bond donors (Lipinski definition) is 1. The highest BCUT2D eigenvalue weighted by atomic mass is 16.2. The summed E-state index contributed by atoms with van der Waals surface area (Å²) in [5.74, 6) is 0.0177. The number of aromatic nitrogens is 2. The molecular formula is C13H22N4O. The molecule has 1 fully saturated rings. The number of anilines is 1. The van der Waals surface area contributed by atoms with Gasteiger partial charge in [-0.05, 0) is 19.8 Å². The van der Waals surface area contributed by atoms with Crippen LogP contribution in [0, 0.1) is 5.92 Å². The van der Waals surface area contributed by atoms with E-state index in [4.69, 9.17) is 5.73 Å². The van der Waals surface area contributed by atoms with Crippen molar-refractivity contribution in [2.45, 2.75) is 38.1 Å². The SMILES string of the molecule is CN(C(=O)C1CCCCC1(C)N)c1cnn(C)c1. The Bertz CT molecular complexity index is 438. The van der Waals surface area contributed by atoms with Gasteiger partial charge in [0, 0.05) is 25.8 Å². The minimum Gasteiger partial charge on any atom is -0.325 e. The lowest BCUT2D eigenvalue weighted by Gasteiger charge is -2.38. The fraction of sp³-hybridized carbons (Fsp3) is 0.692. The molecule has 1 heterocycles. The Hall–Kier alpha value is -1.36. The molecule has 18 heavy (non-hydrogen) atoms. The second kappa shape index (κ2) is 4.72. The average Bonchev–Trinajstić information content (AvgIpc) is 2.73. The molecule has 0 saturated heterocycles. The molecule has 5 heteroatoms. The van der Waals surface area contributed by atoms with Crippen molar-refractivity contribution in [2.75, 3.05) is 11.9 Å². The zero-order valence-electron chi connectivity index (χ0n) is 11.4. The van der Waals surface area contributed by atoms with E-state index in [1.165, 1.54) is 0 Å². The second-order valence-electron chi connectivity index (χ2n) is 5.57. The first-order valence-electron chi connectivity index (χ1n) is 6.47. The predicted octanol–water partition coefficient (Wildman–Crippen LogP) is 1.29. The zero-order chi connectivity index (χ0) is 13.3. The smallest absolute Gasteiger partial charge is 0.231 e. The van der Waals surface area contributed by atoms with E-state index in [2.05, 4.69) is 5.10 Å². The summed E-state index contributed by atoms with van der Waals surface area (Å²) in [7, 11) is 3.64. The molecule has 1 aromatic rings. The fourth-order valence-corrected chi connectivity index (χ4v) is 2.71. The molecule has 1 aliphatic carbocycles. The van der Waals surface area contributed by atoms with Gasteiger partial charge in [-0.3, -0.25) is 9.48 Å². The molecule has 1 aliphatic rings. The van der Waals surface area contributed by atoms with Crippen LogP contribution in [0.5, 0.6) is 0 Å². The number of carbonyl (C=O) groups excluding carboxylic acids is 1. The monoisotopic (exact) mass is 250 g/mol. The maximum Gasteiger partial charge on any atom is 0.231 e. The third-order valence-electron chi connectivity index (χ3n) is 3.96. The maximum atomic E-state index is 12.5. The van der Waals surface area contributed by atoms with Crippen molar-refractivity contribution in [3.8, 4) is 0 Å². The van der Waals surface area contributed by atoms with Gasteiger partial charge in [-0.25, -0.2) is 0 Å². The molecule has 0 aromatic carbocycles. The van der Waals surface area contributed by atoms with Crippen LogP contribution in [0.25, 0.3) is 0 Å². The number of aryl methyl sites for hydroxylation is 1. The molecule has 2 atom stereocenters. The molecule has 2 unspecified atom stereocenters. The van der Waals surface area contributed by atoms with E-state index < -0.39 is 0 Å². The van der Waals surface area contributed by atoms with Crippen molar-refractivity contribution in [3.05, 3.63) is 12.4 Å². The van der Waals surface area contributed by atoms with Gasteiger partial charge in [0.2, 0.25) is 5.91 Å². The van der Waals surface area contributed by atoms with E-state index in [0.29, 0.717) is 0 Å². The topological polar surface area (TPSA) is 64.2 Å². The van der Waals surface area contributed by atoms with E-state index in [1.807, 2.05) is 20.2 Å². The van der Waals surface area contributed by atoms with Gasteiger partial charge < -0.3 is 10.6 Å². The number of nitrogens with two attached hydrogens (primary N) is 1. The Morgan fingerprint density at radius 3 is 2.89 bits per heavy atom. The van der Waals surface area contributed by atoms with Crippen LogP contribution < -0.4 is 10.6 Å². The lowest BCUT2D eigenvalue weighted by molar-refractivity contribution is -0.125. The second-order valence-corrected chi connectivity index (χ2v) is 5.57. The van der Waals surface area contributed by atoms with Crippen molar-refractivity contribution in [1.29, 1.82) is 0 Å². The number of hydrogen-bond acceptors (Lipinski definition) is 3. The van der Waals surface area contributed by atoms with Gasteiger partial charge in [0.25, 0.3) is 0 Å². The molecular weight excluding hydrogens is 228 g/mol. The number of amides is 1. The highest BCUT2D eigenvalue weighted by Gasteiger charge is 2.39. The summed E-state index contributed by atoms with van der Waals surface area (Å²) in [6, 6.07) is 0. The van der Waals surface area contributed by atoms with Gasteiger partial charge in [0.1, 0.15) is 0 Å². The Labute approximate surface area is 108 Å². The van der Waals surface area contributed by atoms with Crippen LogP contribution in [0.3, 0.4) is 0 Å². The third-order valence-corrected chi connectivity index (χ3v) is 3.96. The maximum absolute atomic E-state index is 12.5. The van der Waals surface area contributed by atoms with Gasteiger partial charge in [-0.15, -0.1) is 0 Å². The lowest BCUT2D eigenvalue weighted by atomic mass is 9.74. The van der Waals surface area contributed by atoms with Crippen LogP contribution in [0.2, 0.25) is 0 Å². The molecule has 0 radical (unpaired) electrons. The number of rotatable bonds is 2. The summed E-state index contributed by atoms with van der Waals surface area (Å²) in [5, 5.41) is 4.09. The first-order chi connectivity index (χ1) is 8.42. The van der Waals surface area contributed by atoms with E-state index in [0.717, 1.165) is 31.4 Å². The summed E-state index contributed by atoms with van der Waals surface area (Å²) in [6.45, 7) is 1.99. The third kappa shape index (κ3) is 2.41. The van der Waals surface area contributed by atoms with Gasteiger partial charge in [0.15, 0.2) is 0 Å². The molecule has 100 valence electrons. The van der Waals surface area contributed by atoms with Crippen LogP contribution in [0.4, 0.5) is 5.69 Å². The molecule has 2 N–H and O–H groups in total. The van der Waals surface area contributed by atoms with Crippen LogP contribution in [0.15, 0.2) is 12.4 Å².